The van der Waals surface area contributed by atoms with Gasteiger partial charge in [0.15, 0.2) is 21.7 Å². The Morgan fingerprint density at radius 2 is 0.714 bits per heavy atom. The maximum atomic E-state index is 13.1. The zero-order chi connectivity index (χ0) is 18.9. The maximum Gasteiger partial charge on any atom is 0.193 e. The van der Waals surface area contributed by atoms with Crippen molar-refractivity contribution >= 4 is 21.5 Å². The van der Waals surface area contributed by atoms with E-state index in [0.29, 0.717) is 22.3 Å². The molecule has 0 saturated heterocycles. The van der Waals surface area contributed by atoms with Crippen molar-refractivity contribution < 1.29 is 9.47 Å². The molecule has 6 heteroatoms. The molecule has 4 aliphatic rings. The minimum atomic E-state index is -0.517. The quantitative estimate of drug-likeness (QED) is 0.442. The summed E-state index contributed by atoms with van der Waals surface area (Å²) < 4.78 is 11.3. The summed E-state index contributed by atoms with van der Waals surface area (Å²) in [5.41, 5.74) is 0.163. The van der Waals surface area contributed by atoms with Gasteiger partial charge in [-0.05, 0) is 12.1 Å². The summed E-state index contributed by atoms with van der Waals surface area (Å²) in [7, 11) is 0. The van der Waals surface area contributed by atoms with Gasteiger partial charge in [0, 0.05) is 43.8 Å². The first-order chi connectivity index (χ1) is 13.5. The molecule has 0 radical (unpaired) electrons. The molecule has 0 aromatic heterocycles. The van der Waals surface area contributed by atoms with Crippen LogP contribution in [0.15, 0.2) is 55.6 Å². The van der Waals surface area contributed by atoms with Crippen LogP contribution in [0.4, 0.5) is 0 Å². The zero-order valence-corrected chi connectivity index (χ0v) is 14.2. The largest absolute Gasteiger partial charge is 0.357 e. The standard InChI is InChI=1S/C22H10O6/c23-19-7-5-9-10(22(26)18-14-4-3-13(28-14)17(18)21(9)25)6-8(7)20(24)16-12-2-1-11(27-12)15(16)19/h1-6,11-14H/t11-,12+,13?,14?. The lowest BCUT2D eigenvalue weighted by Crippen LogP contribution is -2.25. The first-order valence-electron chi connectivity index (χ1n) is 9.07. The fraction of sp³-hybridized carbons (Fsp3) is 0.182. The Morgan fingerprint density at radius 1 is 0.464 bits per heavy atom. The third-order valence-corrected chi connectivity index (χ3v) is 6.34. The van der Waals surface area contributed by atoms with Gasteiger partial charge in [0.2, 0.25) is 0 Å². The molecule has 4 bridgehead atoms. The van der Waals surface area contributed by atoms with Gasteiger partial charge in [-0.15, -0.1) is 0 Å². The molecule has 0 spiro atoms. The Hall–Kier alpha value is -3.22. The van der Waals surface area contributed by atoms with E-state index in [1.807, 2.05) is 0 Å². The SMILES string of the molecule is O=c1c2c(c(=O)c3cc4c(=O)c5c(c(=O)c4cc13)[C@@H]1C=C[C@H]5O1)C1C=CC2O1. The van der Waals surface area contributed by atoms with Gasteiger partial charge in [-0.3, -0.25) is 19.2 Å². The van der Waals surface area contributed by atoms with E-state index in [1.165, 1.54) is 12.1 Å². The Morgan fingerprint density at radius 3 is 0.964 bits per heavy atom. The van der Waals surface area contributed by atoms with E-state index in [2.05, 4.69) is 0 Å². The van der Waals surface area contributed by atoms with Crippen molar-refractivity contribution in [2.45, 2.75) is 24.4 Å². The highest BCUT2D eigenvalue weighted by Gasteiger charge is 2.41. The summed E-state index contributed by atoms with van der Waals surface area (Å²) in [6.07, 6.45) is 5.00. The summed E-state index contributed by atoms with van der Waals surface area (Å²) in [6, 6.07) is 2.81. The Balaban J connectivity index is 1.69. The average Bonchev–Trinajstić information content (AvgIpc) is 3.48. The Bertz CT molecular complexity index is 1340. The lowest BCUT2D eigenvalue weighted by atomic mass is 9.88. The number of rotatable bonds is 0. The smallest absolute Gasteiger partial charge is 0.193 e. The van der Waals surface area contributed by atoms with E-state index < -0.39 is 24.4 Å². The van der Waals surface area contributed by atoms with Gasteiger partial charge >= 0.3 is 0 Å². The molecule has 28 heavy (non-hydrogen) atoms. The second-order valence-electron chi connectivity index (χ2n) is 7.64. The van der Waals surface area contributed by atoms with E-state index in [9.17, 15) is 19.2 Å². The first-order valence-corrected chi connectivity index (χ1v) is 9.07. The van der Waals surface area contributed by atoms with Gasteiger partial charge in [0.25, 0.3) is 0 Å². The Kier molecular flexibility index (Phi) is 2.34. The summed E-state index contributed by atoms with van der Waals surface area (Å²) in [4.78, 5) is 52.4. The number of hydrogen-bond acceptors (Lipinski definition) is 6. The van der Waals surface area contributed by atoms with Crippen molar-refractivity contribution in [1.82, 2.24) is 0 Å². The van der Waals surface area contributed by atoms with Crippen molar-refractivity contribution in [2.75, 3.05) is 0 Å². The minimum Gasteiger partial charge on any atom is -0.357 e. The van der Waals surface area contributed by atoms with Crippen molar-refractivity contribution in [1.29, 1.82) is 0 Å². The molecule has 7 rings (SSSR count). The summed E-state index contributed by atoms with van der Waals surface area (Å²) in [5.74, 6) is 0. The van der Waals surface area contributed by atoms with Crippen molar-refractivity contribution in [3.8, 4) is 0 Å². The highest BCUT2D eigenvalue weighted by Crippen LogP contribution is 2.44. The molecule has 6 nitrogen and oxygen atoms in total. The Labute approximate surface area is 155 Å². The van der Waals surface area contributed by atoms with Gasteiger partial charge < -0.3 is 9.47 Å². The number of fused-ring (bicyclic) bond motifs is 12. The van der Waals surface area contributed by atoms with Gasteiger partial charge in [0.05, 0.1) is 0 Å². The second-order valence-corrected chi connectivity index (χ2v) is 7.64. The molecule has 4 aliphatic heterocycles. The van der Waals surface area contributed by atoms with Crippen molar-refractivity contribution in [2.24, 2.45) is 0 Å². The molecule has 3 aromatic carbocycles. The summed E-state index contributed by atoms with van der Waals surface area (Å²) in [6.45, 7) is 0. The van der Waals surface area contributed by atoms with Crippen LogP contribution in [0.25, 0.3) is 21.5 Å². The van der Waals surface area contributed by atoms with Crippen LogP contribution in [0.2, 0.25) is 0 Å². The van der Waals surface area contributed by atoms with Crippen LogP contribution < -0.4 is 21.7 Å². The van der Waals surface area contributed by atoms with E-state index in [0.717, 1.165) is 0 Å². The number of benzene rings is 3. The zero-order valence-electron chi connectivity index (χ0n) is 14.2. The van der Waals surface area contributed by atoms with Crippen LogP contribution in [0.1, 0.15) is 46.7 Å². The van der Waals surface area contributed by atoms with Crippen LogP contribution in [-0.2, 0) is 9.47 Å². The predicted molar refractivity (Wildman–Crippen MR) is 100 cm³/mol. The molecule has 0 amide bonds. The monoisotopic (exact) mass is 370 g/mol. The normalized spacial score (nSPS) is 28.0. The molecule has 0 saturated carbocycles. The molecule has 3 aromatic rings. The van der Waals surface area contributed by atoms with E-state index in [1.54, 1.807) is 24.3 Å². The van der Waals surface area contributed by atoms with Crippen LogP contribution in [0.3, 0.4) is 0 Å². The van der Waals surface area contributed by atoms with Crippen LogP contribution in [-0.4, -0.2) is 0 Å². The van der Waals surface area contributed by atoms with Gasteiger partial charge in [0.1, 0.15) is 24.4 Å². The fourth-order valence-electron chi connectivity index (χ4n) is 5.11. The molecule has 0 fully saturated rings. The molecule has 134 valence electrons. The third-order valence-electron chi connectivity index (χ3n) is 6.34. The lowest BCUT2D eigenvalue weighted by Gasteiger charge is -2.10. The molecule has 2 unspecified atom stereocenters. The average molecular weight is 370 g/mol. The van der Waals surface area contributed by atoms with Crippen LogP contribution in [0, 0.1) is 0 Å². The maximum absolute atomic E-state index is 13.1. The highest BCUT2D eigenvalue weighted by atomic mass is 16.5. The fourth-order valence-corrected chi connectivity index (χ4v) is 5.11. The summed E-state index contributed by atoms with van der Waals surface area (Å²) >= 11 is 0. The lowest BCUT2D eigenvalue weighted by molar-refractivity contribution is 0.0872. The topological polar surface area (TPSA) is 86.7 Å². The van der Waals surface area contributed by atoms with E-state index in [4.69, 9.17) is 9.47 Å². The first kappa shape index (κ1) is 14.8. The van der Waals surface area contributed by atoms with Gasteiger partial charge in [-0.1, -0.05) is 24.3 Å². The van der Waals surface area contributed by atoms with Crippen LogP contribution >= 0.6 is 0 Å². The molecule has 4 heterocycles. The number of ether oxygens (including phenoxy) is 2. The van der Waals surface area contributed by atoms with Gasteiger partial charge in [-0.2, -0.15) is 0 Å². The van der Waals surface area contributed by atoms with E-state index in [-0.39, 0.29) is 43.3 Å². The molecule has 0 N–H and O–H groups in total. The molecule has 0 aliphatic carbocycles. The minimum absolute atomic E-state index is 0.164. The predicted octanol–water partition coefficient (Wildman–Crippen LogP) is 1.67. The van der Waals surface area contributed by atoms with Crippen LogP contribution in [0.5, 0.6) is 0 Å². The van der Waals surface area contributed by atoms with E-state index >= 15 is 0 Å². The molecule has 4 atom stereocenters. The highest BCUT2D eigenvalue weighted by molar-refractivity contribution is 5.99. The number of hydrogen-bond donors (Lipinski definition) is 0. The molecular weight excluding hydrogens is 360 g/mol. The summed E-state index contributed by atoms with van der Waals surface area (Å²) in [5, 5.41) is 0.655. The van der Waals surface area contributed by atoms with Crippen molar-refractivity contribution in [3.05, 3.63) is 99.6 Å². The molecular formula is C22H10O6. The second kappa shape index (κ2) is 4.43. The van der Waals surface area contributed by atoms with Crippen molar-refractivity contribution in [3.63, 3.8) is 0 Å². The third kappa shape index (κ3) is 1.43. The van der Waals surface area contributed by atoms with Gasteiger partial charge in [-0.25, -0.2) is 0 Å².